The van der Waals surface area contributed by atoms with E-state index in [0.29, 0.717) is 4.99 Å². The van der Waals surface area contributed by atoms with E-state index in [9.17, 15) is 0 Å². The van der Waals surface area contributed by atoms with Crippen LogP contribution in [0.25, 0.3) is 0 Å². The summed E-state index contributed by atoms with van der Waals surface area (Å²) in [6, 6.07) is 0.780. The topological polar surface area (TPSA) is 29.3 Å². The minimum absolute atomic E-state index is 0.653. The van der Waals surface area contributed by atoms with E-state index >= 15 is 0 Å². The van der Waals surface area contributed by atoms with Crippen molar-refractivity contribution in [2.24, 2.45) is 11.7 Å². The van der Waals surface area contributed by atoms with Crippen molar-refractivity contribution in [3.8, 4) is 0 Å². The Bertz CT molecular complexity index is 210. The molecule has 0 heterocycles. The molecule has 0 saturated heterocycles. The maximum absolute atomic E-state index is 5.57. The molecule has 0 bridgehead atoms. The predicted molar refractivity (Wildman–Crippen MR) is 74.7 cm³/mol. The summed E-state index contributed by atoms with van der Waals surface area (Å²) >= 11 is 4.95. The van der Waals surface area contributed by atoms with Gasteiger partial charge in [-0.1, -0.05) is 32.5 Å². The van der Waals surface area contributed by atoms with Crippen LogP contribution in [0, 0.1) is 5.92 Å². The average molecular weight is 242 g/mol. The van der Waals surface area contributed by atoms with Gasteiger partial charge in [0.15, 0.2) is 0 Å². The molecule has 0 aromatic heterocycles. The fourth-order valence-corrected chi connectivity index (χ4v) is 2.86. The van der Waals surface area contributed by atoms with Crippen molar-refractivity contribution in [3.05, 3.63) is 0 Å². The van der Waals surface area contributed by atoms with E-state index in [1.165, 1.54) is 32.1 Å². The van der Waals surface area contributed by atoms with Gasteiger partial charge in [-0.3, -0.25) is 0 Å². The maximum Gasteiger partial charge on any atom is 0.0740 e. The zero-order valence-electron chi connectivity index (χ0n) is 10.7. The summed E-state index contributed by atoms with van der Waals surface area (Å²) in [6.07, 6.45) is 7.77. The standard InChI is InChI=1S/C13H26N2S/c1-3-11-5-7-12(8-6-11)15(4-2)10-9-13(14)16/h11-12H,3-10H2,1-2H3,(H2,14,16). The molecule has 0 unspecified atom stereocenters. The molecule has 1 saturated carbocycles. The third kappa shape index (κ3) is 4.38. The second-order valence-corrected chi connectivity index (χ2v) is 5.45. The van der Waals surface area contributed by atoms with Crippen LogP contribution in [0.5, 0.6) is 0 Å². The van der Waals surface area contributed by atoms with Gasteiger partial charge in [-0.25, -0.2) is 0 Å². The van der Waals surface area contributed by atoms with Gasteiger partial charge < -0.3 is 10.6 Å². The Morgan fingerprint density at radius 2 is 1.88 bits per heavy atom. The Morgan fingerprint density at radius 3 is 2.31 bits per heavy atom. The molecule has 0 aromatic carbocycles. The summed E-state index contributed by atoms with van der Waals surface area (Å²) in [5, 5.41) is 0. The van der Waals surface area contributed by atoms with Crippen molar-refractivity contribution < 1.29 is 0 Å². The molecule has 0 aromatic rings. The highest BCUT2D eigenvalue weighted by atomic mass is 32.1. The number of nitrogens with two attached hydrogens (primary N) is 1. The van der Waals surface area contributed by atoms with Gasteiger partial charge in [0.1, 0.15) is 0 Å². The van der Waals surface area contributed by atoms with Gasteiger partial charge >= 0.3 is 0 Å². The normalized spacial score (nSPS) is 25.9. The third-order valence-electron chi connectivity index (χ3n) is 3.96. The molecule has 0 aliphatic heterocycles. The second kappa shape index (κ2) is 7.23. The largest absolute Gasteiger partial charge is 0.393 e. The van der Waals surface area contributed by atoms with Gasteiger partial charge in [0.05, 0.1) is 4.99 Å². The molecule has 0 atom stereocenters. The molecule has 0 radical (unpaired) electrons. The lowest BCUT2D eigenvalue weighted by atomic mass is 9.84. The van der Waals surface area contributed by atoms with E-state index in [4.69, 9.17) is 18.0 Å². The Balaban J connectivity index is 2.33. The van der Waals surface area contributed by atoms with E-state index in [1.54, 1.807) is 0 Å². The van der Waals surface area contributed by atoms with Crippen LogP contribution in [-0.4, -0.2) is 29.0 Å². The van der Waals surface area contributed by atoms with Crippen molar-refractivity contribution in [1.29, 1.82) is 0 Å². The molecule has 3 heteroatoms. The van der Waals surface area contributed by atoms with Gasteiger partial charge in [0, 0.05) is 19.0 Å². The molecule has 1 rings (SSSR count). The summed E-state index contributed by atoms with van der Waals surface area (Å²) in [6.45, 7) is 6.73. The zero-order valence-corrected chi connectivity index (χ0v) is 11.6. The van der Waals surface area contributed by atoms with Crippen molar-refractivity contribution >= 4 is 17.2 Å². The molecular formula is C13H26N2S. The minimum atomic E-state index is 0.653. The molecule has 2 nitrogen and oxygen atoms in total. The van der Waals surface area contributed by atoms with Crippen LogP contribution in [0.4, 0.5) is 0 Å². The van der Waals surface area contributed by atoms with Gasteiger partial charge in [-0.05, 0) is 38.1 Å². The maximum atomic E-state index is 5.57. The summed E-state index contributed by atoms with van der Waals surface area (Å²) in [5.74, 6) is 0.977. The summed E-state index contributed by atoms with van der Waals surface area (Å²) in [4.78, 5) is 3.21. The molecule has 1 fully saturated rings. The third-order valence-corrected chi connectivity index (χ3v) is 4.17. The molecule has 94 valence electrons. The number of rotatable bonds is 6. The summed E-state index contributed by atoms with van der Waals surface area (Å²) < 4.78 is 0. The van der Waals surface area contributed by atoms with Crippen molar-refractivity contribution in [3.63, 3.8) is 0 Å². The van der Waals surface area contributed by atoms with Crippen LogP contribution in [-0.2, 0) is 0 Å². The first-order chi connectivity index (χ1) is 7.67. The first-order valence-electron chi connectivity index (χ1n) is 6.69. The molecular weight excluding hydrogens is 216 g/mol. The van der Waals surface area contributed by atoms with Gasteiger partial charge in [0.25, 0.3) is 0 Å². The molecule has 0 spiro atoms. The molecule has 2 N–H and O–H groups in total. The lowest BCUT2D eigenvalue weighted by molar-refractivity contribution is 0.144. The molecule has 1 aliphatic carbocycles. The Labute approximate surface area is 106 Å². The van der Waals surface area contributed by atoms with Crippen LogP contribution < -0.4 is 5.73 Å². The first kappa shape index (κ1) is 13.9. The van der Waals surface area contributed by atoms with Crippen LogP contribution in [0.15, 0.2) is 0 Å². The van der Waals surface area contributed by atoms with Gasteiger partial charge in [-0.15, -0.1) is 0 Å². The number of hydrogen-bond acceptors (Lipinski definition) is 2. The van der Waals surface area contributed by atoms with Crippen LogP contribution in [0.3, 0.4) is 0 Å². The van der Waals surface area contributed by atoms with E-state index in [0.717, 1.165) is 31.5 Å². The summed E-state index contributed by atoms with van der Waals surface area (Å²) in [5.41, 5.74) is 5.57. The Kier molecular flexibility index (Phi) is 6.29. The Hall–Kier alpha value is -0.150. The fourth-order valence-electron chi connectivity index (χ4n) is 2.77. The lowest BCUT2D eigenvalue weighted by Gasteiger charge is -2.36. The quantitative estimate of drug-likeness (QED) is 0.726. The minimum Gasteiger partial charge on any atom is -0.393 e. The zero-order chi connectivity index (χ0) is 12.0. The average Bonchev–Trinajstić information content (AvgIpc) is 2.30. The van der Waals surface area contributed by atoms with Gasteiger partial charge in [0.2, 0.25) is 0 Å². The van der Waals surface area contributed by atoms with Gasteiger partial charge in [-0.2, -0.15) is 0 Å². The number of hydrogen-bond donors (Lipinski definition) is 1. The van der Waals surface area contributed by atoms with Crippen LogP contribution in [0.2, 0.25) is 0 Å². The van der Waals surface area contributed by atoms with Crippen LogP contribution in [0.1, 0.15) is 52.4 Å². The number of thiocarbonyl (C=S) groups is 1. The van der Waals surface area contributed by atoms with Crippen molar-refractivity contribution in [2.45, 2.75) is 58.4 Å². The SMILES string of the molecule is CCC1CCC(N(CC)CCC(N)=S)CC1. The summed E-state index contributed by atoms with van der Waals surface area (Å²) in [7, 11) is 0. The monoisotopic (exact) mass is 242 g/mol. The smallest absolute Gasteiger partial charge is 0.0740 e. The highest BCUT2D eigenvalue weighted by Crippen LogP contribution is 2.29. The second-order valence-electron chi connectivity index (χ2n) is 4.93. The molecule has 0 amide bonds. The number of nitrogens with zero attached hydrogens (tertiary/aromatic N) is 1. The fraction of sp³-hybridized carbons (Fsp3) is 0.923. The highest BCUT2D eigenvalue weighted by Gasteiger charge is 2.23. The predicted octanol–water partition coefficient (Wildman–Crippen LogP) is 2.95. The Morgan fingerprint density at radius 1 is 1.25 bits per heavy atom. The lowest BCUT2D eigenvalue weighted by Crippen LogP contribution is -2.39. The van der Waals surface area contributed by atoms with E-state index in [-0.39, 0.29) is 0 Å². The van der Waals surface area contributed by atoms with Crippen molar-refractivity contribution in [1.82, 2.24) is 4.90 Å². The highest BCUT2D eigenvalue weighted by molar-refractivity contribution is 7.80. The molecule has 16 heavy (non-hydrogen) atoms. The molecule has 1 aliphatic rings. The van der Waals surface area contributed by atoms with Crippen molar-refractivity contribution in [2.75, 3.05) is 13.1 Å². The van der Waals surface area contributed by atoms with E-state index in [2.05, 4.69) is 18.7 Å². The first-order valence-corrected chi connectivity index (χ1v) is 7.10. The van der Waals surface area contributed by atoms with E-state index < -0.39 is 0 Å². The van der Waals surface area contributed by atoms with Crippen LogP contribution >= 0.6 is 12.2 Å². The van der Waals surface area contributed by atoms with E-state index in [1.807, 2.05) is 0 Å².